The van der Waals surface area contributed by atoms with E-state index in [0.717, 1.165) is 52.9 Å². The van der Waals surface area contributed by atoms with Crippen LogP contribution in [0.4, 0.5) is 4.79 Å². The topological polar surface area (TPSA) is 101 Å². The van der Waals surface area contributed by atoms with Crippen molar-refractivity contribution in [2.24, 2.45) is 7.05 Å². The van der Waals surface area contributed by atoms with Crippen molar-refractivity contribution in [3.63, 3.8) is 0 Å². The Hall–Kier alpha value is -3.72. The monoisotopic (exact) mass is 499 g/mol. The number of nitrogens with one attached hydrogen (secondary N) is 2. The number of nitrogens with zero attached hydrogens (tertiary/aromatic N) is 5. The van der Waals surface area contributed by atoms with Gasteiger partial charge in [-0.2, -0.15) is 5.10 Å². The second-order valence-electron chi connectivity index (χ2n) is 11.1. The van der Waals surface area contributed by atoms with Crippen LogP contribution in [0.1, 0.15) is 50.8 Å². The number of aryl methyl sites for hydroxylation is 2. The molecule has 0 saturated carbocycles. The largest absolute Gasteiger partial charge is 0.369 e. The first-order chi connectivity index (χ1) is 17.7. The van der Waals surface area contributed by atoms with Gasteiger partial charge in [0.05, 0.1) is 42.6 Å². The van der Waals surface area contributed by atoms with E-state index in [4.69, 9.17) is 9.72 Å². The average molecular weight is 500 g/mol. The van der Waals surface area contributed by atoms with E-state index in [2.05, 4.69) is 38.6 Å². The van der Waals surface area contributed by atoms with Crippen LogP contribution >= 0.6 is 0 Å². The number of benzene rings is 1. The van der Waals surface area contributed by atoms with E-state index in [1.165, 1.54) is 11.1 Å². The van der Waals surface area contributed by atoms with Gasteiger partial charge in [-0.15, -0.1) is 0 Å². The number of amides is 2. The third-order valence-corrected chi connectivity index (χ3v) is 7.08. The molecule has 0 bridgehead atoms. The molecule has 4 aromatic rings. The number of hydrogen-bond donors (Lipinski definition) is 2. The summed E-state index contributed by atoms with van der Waals surface area (Å²) in [4.78, 5) is 27.4. The molecule has 1 saturated heterocycles. The van der Waals surface area contributed by atoms with Gasteiger partial charge in [0.2, 0.25) is 0 Å². The molecule has 3 aromatic heterocycles. The third-order valence-electron chi connectivity index (χ3n) is 7.08. The number of pyridine rings is 1. The van der Waals surface area contributed by atoms with E-state index in [9.17, 15) is 4.79 Å². The van der Waals surface area contributed by atoms with Crippen molar-refractivity contribution in [2.45, 2.75) is 57.8 Å². The Bertz CT molecular complexity index is 1460. The summed E-state index contributed by atoms with van der Waals surface area (Å²) in [5.41, 5.74) is 6.95. The van der Waals surface area contributed by atoms with Gasteiger partial charge in [-0.3, -0.25) is 4.68 Å². The smallest absolute Gasteiger partial charge is 0.318 e. The molecule has 2 aliphatic rings. The van der Waals surface area contributed by atoms with Gasteiger partial charge in [0.25, 0.3) is 0 Å². The molecule has 2 amide bonds. The van der Waals surface area contributed by atoms with Crippen molar-refractivity contribution >= 4 is 17.2 Å². The van der Waals surface area contributed by atoms with Crippen LogP contribution in [0.15, 0.2) is 42.9 Å². The molecular weight excluding hydrogens is 466 g/mol. The lowest BCUT2D eigenvalue weighted by Gasteiger charge is -2.42. The lowest BCUT2D eigenvalue weighted by atomic mass is 9.85. The maximum atomic E-state index is 12.9. The van der Waals surface area contributed by atoms with Crippen LogP contribution in [-0.2, 0) is 18.2 Å². The van der Waals surface area contributed by atoms with Crippen molar-refractivity contribution in [3.8, 4) is 22.5 Å². The van der Waals surface area contributed by atoms with E-state index >= 15 is 0 Å². The molecule has 9 nitrogen and oxygen atoms in total. The van der Waals surface area contributed by atoms with Gasteiger partial charge in [0, 0.05) is 25.0 Å². The van der Waals surface area contributed by atoms with Crippen molar-refractivity contribution in [3.05, 3.63) is 54.0 Å². The van der Waals surface area contributed by atoms with Gasteiger partial charge in [-0.1, -0.05) is 18.2 Å². The molecular formula is C28H33N7O2. The second kappa shape index (κ2) is 8.99. The predicted octanol–water partition coefficient (Wildman–Crippen LogP) is 4.61. The van der Waals surface area contributed by atoms with Gasteiger partial charge in [-0.25, -0.2) is 14.8 Å². The normalized spacial score (nSPS) is 18.1. The fourth-order valence-corrected chi connectivity index (χ4v) is 5.37. The molecule has 192 valence electrons. The number of carbonyl (C=O) groups is 1. The minimum absolute atomic E-state index is 0.00835. The predicted molar refractivity (Wildman–Crippen MR) is 142 cm³/mol. The second-order valence-corrected chi connectivity index (χ2v) is 11.1. The van der Waals surface area contributed by atoms with Crippen molar-refractivity contribution in [1.82, 2.24) is 34.9 Å². The number of likely N-dealkylation sites (tertiary alicyclic amines) is 1. The first-order valence-electron chi connectivity index (χ1n) is 12.9. The first kappa shape index (κ1) is 23.7. The summed E-state index contributed by atoms with van der Waals surface area (Å²) in [5, 5.41) is 7.52. The molecule has 1 aliphatic heterocycles. The molecule has 1 atom stereocenters. The zero-order valence-corrected chi connectivity index (χ0v) is 21.8. The lowest BCUT2D eigenvalue weighted by Crippen LogP contribution is -2.59. The van der Waals surface area contributed by atoms with E-state index in [1.54, 1.807) is 10.9 Å². The van der Waals surface area contributed by atoms with Gasteiger partial charge < -0.3 is 19.9 Å². The van der Waals surface area contributed by atoms with Crippen LogP contribution in [0.2, 0.25) is 0 Å². The average Bonchev–Trinajstić information content (AvgIpc) is 3.46. The summed E-state index contributed by atoms with van der Waals surface area (Å²) in [6.07, 6.45) is 8.64. The molecule has 1 fully saturated rings. The third kappa shape index (κ3) is 4.71. The molecule has 1 aromatic carbocycles. The summed E-state index contributed by atoms with van der Waals surface area (Å²) in [6, 6.07) is 8.57. The Morgan fingerprint density at radius 3 is 2.78 bits per heavy atom. The molecule has 1 aliphatic carbocycles. The Balaban J connectivity index is 1.21. The van der Waals surface area contributed by atoms with Crippen LogP contribution in [-0.4, -0.2) is 60.5 Å². The summed E-state index contributed by atoms with van der Waals surface area (Å²) in [5.74, 6) is 0.755. The van der Waals surface area contributed by atoms with Crippen LogP contribution < -0.4 is 5.32 Å². The van der Waals surface area contributed by atoms with E-state index in [1.807, 2.05) is 51.2 Å². The number of hydrogen-bond acceptors (Lipinski definition) is 5. The maximum absolute atomic E-state index is 12.9. The highest BCUT2D eigenvalue weighted by molar-refractivity contribution is 5.91. The summed E-state index contributed by atoms with van der Waals surface area (Å²) in [6.45, 7) is 7.43. The van der Waals surface area contributed by atoms with E-state index < -0.39 is 0 Å². The van der Waals surface area contributed by atoms with Crippen LogP contribution in [0, 0.1) is 0 Å². The van der Waals surface area contributed by atoms with E-state index in [-0.39, 0.29) is 23.8 Å². The fourth-order valence-electron chi connectivity index (χ4n) is 5.37. The minimum atomic E-state index is -0.191. The summed E-state index contributed by atoms with van der Waals surface area (Å²) in [7, 11) is 1.89. The number of imidazole rings is 1. The van der Waals surface area contributed by atoms with Gasteiger partial charge in [0.15, 0.2) is 5.65 Å². The van der Waals surface area contributed by atoms with Crippen molar-refractivity contribution < 1.29 is 9.53 Å². The Kier molecular flexibility index (Phi) is 5.75. The highest BCUT2D eigenvalue weighted by atomic mass is 16.5. The highest BCUT2D eigenvalue weighted by Gasteiger charge is 2.35. The molecule has 0 unspecified atom stereocenters. The first-order valence-corrected chi connectivity index (χ1v) is 12.9. The number of ether oxygens (including phenoxy) is 1. The number of aromatic amines is 1. The Morgan fingerprint density at radius 1 is 1.19 bits per heavy atom. The zero-order valence-electron chi connectivity index (χ0n) is 21.8. The highest BCUT2D eigenvalue weighted by Crippen LogP contribution is 2.35. The molecule has 4 heterocycles. The van der Waals surface area contributed by atoms with Crippen LogP contribution in [0.5, 0.6) is 0 Å². The standard InChI is InChI=1S/C28H33N7O2/c1-28(2,3)37-20-15-35(16-20)27(36)31-23-7-5-6-17-12-18(8-9-21(17)23)22-10-11-29-26-24(22)32-25(33-26)19-13-30-34(4)14-19/h8-14,20,23H,5-7,15-16H2,1-4H3,(H,31,36)(H,29,32,33)/t23-/m0/s1. The zero-order chi connectivity index (χ0) is 25.7. The SMILES string of the molecule is Cn1cc(-c2nc3c(-c4ccc5c(c4)CCC[C@@H]5NC(=O)N4CC(OC(C)(C)C)C4)ccnc3[nH]2)cn1. The van der Waals surface area contributed by atoms with Crippen LogP contribution in [0.25, 0.3) is 33.7 Å². The van der Waals surface area contributed by atoms with Crippen molar-refractivity contribution in [1.29, 1.82) is 0 Å². The molecule has 9 heteroatoms. The number of carbonyl (C=O) groups excluding carboxylic acids is 1. The van der Waals surface area contributed by atoms with Gasteiger partial charge in [-0.05, 0) is 62.8 Å². The summed E-state index contributed by atoms with van der Waals surface area (Å²) >= 11 is 0. The van der Waals surface area contributed by atoms with Gasteiger partial charge in [0.1, 0.15) is 11.3 Å². The van der Waals surface area contributed by atoms with E-state index in [0.29, 0.717) is 13.1 Å². The molecule has 0 radical (unpaired) electrons. The number of rotatable bonds is 4. The molecule has 37 heavy (non-hydrogen) atoms. The van der Waals surface area contributed by atoms with Crippen LogP contribution in [0.3, 0.4) is 0 Å². The Morgan fingerprint density at radius 2 is 2.03 bits per heavy atom. The molecule has 2 N–H and O–H groups in total. The summed E-state index contributed by atoms with van der Waals surface area (Å²) < 4.78 is 7.74. The Labute approximate surface area is 216 Å². The number of aromatic nitrogens is 5. The number of fused-ring (bicyclic) bond motifs is 2. The quantitative estimate of drug-likeness (QED) is 0.427. The molecule has 6 rings (SSSR count). The van der Waals surface area contributed by atoms with Gasteiger partial charge >= 0.3 is 6.03 Å². The number of H-pyrrole nitrogens is 1. The molecule has 0 spiro atoms. The van der Waals surface area contributed by atoms with Crippen molar-refractivity contribution in [2.75, 3.05) is 13.1 Å². The lowest BCUT2D eigenvalue weighted by molar-refractivity contribution is -0.111. The number of urea groups is 1. The fraction of sp³-hybridized carbons (Fsp3) is 0.429. The minimum Gasteiger partial charge on any atom is -0.369 e. The maximum Gasteiger partial charge on any atom is 0.318 e.